The van der Waals surface area contributed by atoms with Gasteiger partial charge in [0.05, 0.1) is 18.5 Å². The van der Waals surface area contributed by atoms with E-state index in [0.29, 0.717) is 11.3 Å². The summed E-state index contributed by atoms with van der Waals surface area (Å²) in [5, 5.41) is 3.20. The van der Waals surface area contributed by atoms with Gasteiger partial charge in [0.2, 0.25) is 5.91 Å². The fraction of sp³-hybridized carbons (Fsp3) is 0.133. The van der Waals surface area contributed by atoms with Crippen LogP contribution in [-0.2, 0) is 0 Å². The summed E-state index contributed by atoms with van der Waals surface area (Å²) in [6.45, 7) is 1.96. The van der Waals surface area contributed by atoms with Crippen LogP contribution in [0.5, 0.6) is 5.75 Å². The van der Waals surface area contributed by atoms with Gasteiger partial charge in [0.15, 0.2) is 0 Å². The Morgan fingerprint density at radius 1 is 1.20 bits per heavy atom. The van der Waals surface area contributed by atoms with Gasteiger partial charge in [-0.2, -0.15) is 0 Å². The fourth-order valence-electron chi connectivity index (χ4n) is 1.94. The molecular weight excluding hydrogens is 254 g/mol. The Morgan fingerprint density at radius 3 is 2.50 bits per heavy atom. The number of anilines is 3. The lowest BCUT2D eigenvalue weighted by Crippen LogP contribution is -2.11. The number of carbonyl (C=O) groups excluding carboxylic acids is 1. The standard InChI is InChI=1S/C15H17N3O2/c1-9-7-11(4-6-14(9)20-2)18-13-5-3-10(15(17)19)8-12(13)16/h3-8,18H,16H2,1-2H3,(H2,17,19). The van der Waals surface area contributed by atoms with Gasteiger partial charge in [-0.3, -0.25) is 4.79 Å². The summed E-state index contributed by atoms with van der Waals surface area (Å²) in [4.78, 5) is 11.1. The molecule has 0 aliphatic carbocycles. The summed E-state index contributed by atoms with van der Waals surface area (Å²) in [6.07, 6.45) is 0. The Hall–Kier alpha value is -2.69. The van der Waals surface area contributed by atoms with Crippen LogP contribution in [0, 0.1) is 6.92 Å². The van der Waals surface area contributed by atoms with Crippen molar-refractivity contribution in [3.63, 3.8) is 0 Å². The summed E-state index contributed by atoms with van der Waals surface area (Å²) in [5.41, 5.74) is 14.6. The van der Waals surface area contributed by atoms with Gasteiger partial charge in [-0.1, -0.05) is 0 Å². The van der Waals surface area contributed by atoms with Crippen LogP contribution in [0.4, 0.5) is 17.1 Å². The van der Waals surface area contributed by atoms with Crippen LogP contribution in [0.1, 0.15) is 15.9 Å². The number of primary amides is 1. The van der Waals surface area contributed by atoms with E-state index >= 15 is 0 Å². The van der Waals surface area contributed by atoms with Crippen molar-refractivity contribution in [2.45, 2.75) is 6.92 Å². The largest absolute Gasteiger partial charge is 0.496 e. The van der Waals surface area contributed by atoms with Gasteiger partial charge in [0.25, 0.3) is 0 Å². The van der Waals surface area contributed by atoms with E-state index in [9.17, 15) is 4.79 Å². The predicted octanol–water partition coefficient (Wildman–Crippen LogP) is 2.43. The zero-order chi connectivity index (χ0) is 14.7. The minimum atomic E-state index is -0.497. The molecule has 0 fully saturated rings. The number of methoxy groups -OCH3 is 1. The van der Waals surface area contributed by atoms with Gasteiger partial charge >= 0.3 is 0 Å². The highest BCUT2D eigenvalue weighted by atomic mass is 16.5. The molecule has 5 N–H and O–H groups in total. The minimum absolute atomic E-state index is 0.388. The van der Waals surface area contributed by atoms with Crippen molar-refractivity contribution >= 4 is 23.0 Å². The van der Waals surface area contributed by atoms with E-state index in [1.165, 1.54) is 0 Å². The Bertz CT molecular complexity index is 654. The predicted molar refractivity (Wildman–Crippen MR) is 80.4 cm³/mol. The molecule has 0 atom stereocenters. The summed E-state index contributed by atoms with van der Waals surface area (Å²) in [5.74, 6) is 0.330. The second kappa shape index (κ2) is 5.52. The zero-order valence-corrected chi connectivity index (χ0v) is 11.4. The average molecular weight is 271 g/mol. The van der Waals surface area contributed by atoms with E-state index in [2.05, 4.69) is 5.32 Å². The number of hydrogen-bond acceptors (Lipinski definition) is 4. The van der Waals surface area contributed by atoms with Crippen LogP contribution in [0.25, 0.3) is 0 Å². The number of amides is 1. The normalized spacial score (nSPS) is 10.1. The molecule has 0 aromatic heterocycles. The minimum Gasteiger partial charge on any atom is -0.496 e. The van der Waals surface area contributed by atoms with Crippen LogP contribution >= 0.6 is 0 Å². The first-order valence-corrected chi connectivity index (χ1v) is 6.12. The number of aryl methyl sites for hydroxylation is 1. The molecule has 0 saturated carbocycles. The highest BCUT2D eigenvalue weighted by molar-refractivity contribution is 5.95. The van der Waals surface area contributed by atoms with Crippen molar-refractivity contribution < 1.29 is 9.53 Å². The molecule has 2 aromatic carbocycles. The van der Waals surface area contributed by atoms with Crippen LogP contribution in [0.3, 0.4) is 0 Å². The third-order valence-electron chi connectivity index (χ3n) is 3.01. The first-order valence-electron chi connectivity index (χ1n) is 6.12. The number of nitrogen functional groups attached to an aromatic ring is 1. The number of benzene rings is 2. The number of rotatable bonds is 4. The molecular formula is C15H17N3O2. The Kier molecular flexibility index (Phi) is 3.79. The monoisotopic (exact) mass is 271 g/mol. The van der Waals surface area contributed by atoms with Gasteiger partial charge in [-0.15, -0.1) is 0 Å². The van der Waals surface area contributed by atoms with Gasteiger partial charge in [0, 0.05) is 11.3 Å². The Balaban J connectivity index is 2.26. The van der Waals surface area contributed by atoms with Crippen molar-refractivity contribution in [3.8, 4) is 5.75 Å². The van der Waals surface area contributed by atoms with E-state index < -0.39 is 5.91 Å². The lowest BCUT2D eigenvalue weighted by molar-refractivity contribution is 0.100. The quantitative estimate of drug-likeness (QED) is 0.745. The summed E-state index contributed by atoms with van der Waals surface area (Å²) < 4.78 is 5.21. The van der Waals surface area contributed by atoms with Crippen molar-refractivity contribution in [1.29, 1.82) is 0 Å². The summed E-state index contributed by atoms with van der Waals surface area (Å²) >= 11 is 0. The Labute approximate surface area is 117 Å². The van der Waals surface area contributed by atoms with Crippen LogP contribution in [0.2, 0.25) is 0 Å². The first kappa shape index (κ1) is 13.7. The van der Waals surface area contributed by atoms with E-state index in [4.69, 9.17) is 16.2 Å². The van der Waals surface area contributed by atoms with Gasteiger partial charge < -0.3 is 21.5 Å². The lowest BCUT2D eigenvalue weighted by atomic mass is 10.1. The van der Waals surface area contributed by atoms with Crippen LogP contribution in [0.15, 0.2) is 36.4 Å². The van der Waals surface area contributed by atoms with Crippen molar-refractivity contribution in [3.05, 3.63) is 47.5 Å². The summed E-state index contributed by atoms with van der Waals surface area (Å²) in [6, 6.07) is 10.7. The van der Waals surface area contributed by atoms with Crippen LogP contribution in [-0.4, -0.2) is 13.0 Å². The van der Waals surface area contributed by atoms with E-state index in [0.717, 1.165) is 22.7 Å². The second-order valence-electron chi connectivity index (χ2n) is 4.48. The average Bonchev–Trinajstić information content (AvgIpc) is 2.41. The third-order valence-corrected chi connectivity index (χ3v) is 3.01. The molecule has 2 aromatic rings. The number of hydrogen-bond donors (Lipinski definition) is 3. The maximum Gasteiger partial charge on any atom is 0.248 e. The third kappa shape index (κ3) is 2.83. The molecule has 20 heavy (non-hydrogen) atoms. The smallest absolute Gasteiger partial charge is 0.248 e. The van der Waals surface area contributed by atoms with E-state index in [-0.39, 0.29) is 0 Å². The molecule has 5 heteroatoms. The molecule has 0 radical (unpaired) electrons. The van der Waals surface area contributed by atoms with E-state index in [1.807, 2.05) is 25.1 Å². The van der Waals surface area contributed by atoms with Gasteiger partial charge in [-0.05, 0) is 48.9 Å². The molecule has 2 rings (SSSR count). The van der Waals surface area contributed by atoms with Crippen molar-refractivity contribution in [2.24, 2.45) is 5.73 Å². The molecule has 5 nitrogen and oxygen atoms in total. The molecule has 0 saturated heterocycles. The number of ether oxygens (including phenoxy) is 1. The van der Waals surface area contributed by atoms with E-state index in [1.54, 1.807) is 25.3 Å². The Morgan fingerprint density at radius 2 is 1.95 bits per heavy atom. The summed E-state index contributed by atoms with van der Waals surface area (Å²) in [7, 11) is 1.63. The van der Waals surface area contributed by atoms with Gasteiger partial charge in [-0.25, -0.2) is 0 Å². The highest BCUT2D eigenvalue weighted by Crippen LogP contribution is 2.27. The maximum atomic E-state index is 11.1. The molecule has 0 spiro atoms. The maximum absolute atomic E-state index is 11.1. The highest BCUT2D eigenvalue weighted by Gasteiger charge is 2.06. The number of nitrogens with two attached hydrogens (primary N) is 2. The van der Waals surface area contributed by atoms with Crippen molar-refractivity contribution in [2.75, 3.05) is 18.2 Å². The second-order valence-corrected chi connectivity index (χ2v) is 4.48. The first-order chi connectivity index (χ1) is 9.51. The fourth-order valence-corrected chi connectivity index (χ4v) is 1.94. The van der Waals surface area contributed by atoms with Crippen LogP contribution < -0.4 is 21.5 Å². The zero-order valence-electron chi connectivity index (χ0n) is 11.4. The lowest BCUT2D eigenvalue weighted by Gasteiger charge is -2.12. The van der Waals surface area contributed by atoms with Crippen molar-refractivity contribution in [1.82, 2.24) is 0 Å². The molecule has 0 bridgehead atoms. The molecule has 0 aliphatic rings. The topological polar surface area (TPSA) is 90.4 Å². The number of nitrogens with one attached hydrogen (secondary N) is 1. The molecule has 1 amide bonds. The number of carbonyl (C=O) groups is 1. The van der Waals surface area contributed by atoms with Gasteiger partial charge in [0.1, 0.15) is 5.75 Å². The SMILES string of the molecule is COc1ccc(Nc2ccc(C(N)=O)cc2N)cc1C. The molecule has 0 aliphatic heterocycles. The molecule has 104 valence electrons. The molecule has 0 heterocycles. The molecule has 0 unspecified atom stereocenters.